The van der Waals surface area contributed by atoms with Gasteiger partial charge in [-0.05, 0) is 109 Å². The number of benzene rings is 7. The van der Waals surface area contributed by atoms with Crippen molar-refractivity contribution in [1.29, 1.82) is 0 Å². The molecule has 12 rings (SSSR count). The SMILES string of the molecule is CN1C(C2=CCCC=C2)NC(c2ccc3ccc(N4c5ccccc5-c5c(n(C6=CC(c7ccccc7)CC=C6)c6ccccc56)-c5ccccc54)cc3c2)N(C)C1c1ccccc1. The lowest BCUT2D eigenvalue weighted by molar-refractivity contribution is -0.0515. The number of hydrogen-bond donors (Lipinski definition) is 1. The minimum atomic E-state index is -0.0156. The third-order valence-corrected chi connectivity index (χ3v) is 14.0. The minimum Gasteiger partial charge on any atom is -0.309 e. The monoisotopic (exact) mass is 829 g/mol. The molecule has 4 atom stereocenters. The van der Waals surface area contributed by atoms with Gasteiger partial charge in [-0.2, -0.15) is 0 Å². The van der Waals surface area contributed by atoms with Crippen LogP contribution in [0.4, 0.5) is 17.1 Å². The summed E-state index contributed by atoms with van der Waals surface area (Å²) in [6, 6.07) is 62.9. The zero-order chi connectivity index (χ0) is 42.7. The summed E-state index contributed by atoms with van der Waals surface area (Å²) in [6.45, 7) is 0. The number of rotatable bonds is 6. The van der Waals surface area contributed by atoms with E-state index in [1.807, 2.05) is 0 Å². The Labute approximate surface area is 376 Å². The molecule has 1 aromatic heterocycles. The van der Waals surface area contributed by atoms with E-state index in [1.54, 1.807) is 0 Å². The third-order valence-electron chi connectivity index (χ3n) is 14.0. The Hall–Kier alpha value is -7.02. The van der Waals surface area contributed by atoms with Crippen LogP contribution in [0.2, 0.25) is 0 Å². The number of likely N-dealkylation sites (N-methyl/N-ethyl adjacent to an activating group) is 1. The molecule has 5 heteroatoms. The molecule has 2 aliphatic carbocycles. The maximum atomic E-state index is 4.09. The number of allylic oxidation sites excluding steroid dienone is 6. The number of hydrogen-bond acceptors (Lipinski definition) is 4. The Balaban J connectivity index is 1.00. The number of nitrogens with zero attached hydrogens (tertiary/aromatic N) is 4. The first-order valence-corrected chi connectivity index (χ1v) is 22.8. The molecule has 1 fully saturated rings. The summed E-state index contributed by atoms with van der Waals surface area (Å²) >= 11 is 0. The van der Waals surface area contributed by atoms with Gasteiger partial charge in [0.15, 0.2) is 0 Å². The van der Waals surface area contributed by atoms with Crippen LogP contribution in [0.25, 0.3) is 49.8 Å². The van der Waals surface area contributed by atoms with Gasteiger partial charge in [0, 0.05) is 39.4 Å². The number of anilines is 3. The zero-order valence-corrected chi connectivity index (χ0v) is 36.3. The highest BCUT2D eigenvalue weighted by Gasteiger charge is 2.40. The smallest absolute Gasteiger partial charge is 0.0911 e. The molecule has 0 amide bonds. The molecule has 5 nitrogen and oxygen atoms in total. The van der Waals surface area contributed by atoms with Crippen LogP contribution in [-0.4, -0.2) is 34.6 Å². The Kier molecular flexibility index (Phi) is 9.63. The molecule has 8 aromatic rings. The van der Waals surface area contributed by atoms with Gasteiger partial charge in [-0.15, -0.1) is 0 Å². The molecule has 64 heavy (non-hydrogen) atoms. The van der Waals surface area contributed by atoms with E-state index in [9.17, 15) is 0 Å². The Morgan fingerprint density at radius 2 is 1.23 bits per heavy atom. The summed E-state index contributed by atoms with van der Waals surface area (Å²) in [6.07, 6.45) is 17.5. The molecule has 4 unspecified atom stereocenters. The summed E-state index contributed by atoms with van der Waals surface area (Å²) in [7, 11) is 4.51. The second kappa shape index (κ2) is 16.0. The van der Waals surface area contributed by atoms with Crippen LogP contribution >= 0.6 is 0 Å². The first kappa shape index (κ1) is 38.6. The van der Waals surface area contributed by atoms with Gasteiger partial charge in [-0.25, -0.2) is 0 Å². The molecule has 0 spiro atoms. The second-order valence-corrected chi connectivity index (χ2v) is 17.8. The lowest BCUT2D eigenvalue weighted by Gasteiger charge is -2.51. The summed E-state index contributed by atoms with van der Waals surface area (Å²) in [5.41, 5.74) is 16.0. The van der Waals surface area contributed by atoms with E-state index >= 15 is 0 Å². The average molecular weight is 830 g/mol. The van der Waals surface area contributed by atoms with Crippen molar-refractivity contribution in [3.05, 3.63) is 229 Å². The van der Waals surface area contributed by atoms with E-state index in [0.29, 0.717) is 5.92 Å². The summed E-state index contributed by atoms with van der Waals surface area (Å²) in [5, 5.41) is 7.78. The van der Waals surface area contributed by atoms with Crippen molar-refractivity contribution in [3.8, 4) is 22.4 Å². The summed E-state index contributed by atoms with van der Waals surface area (Å²) in [5.74, 6) is 0.297. The molecule has 7 aromatic carbocycles. The molecular formula is C59H51N5. The van der Waals surface area contributed by atoms with Gasteiger partial charge in [0.05, 0.1) is 41.1 Å². The molecule has 312 valence electrons. The van der Waals surface area contributed by atoms with E-state index in [0.717, 1.165) is 30.6 Å². The van der Waals surface area contributed by atoms with Crippen LogP contribution < -0.4 is 10.2 Å². The van der Waals surface area contributed by atoms with E-state index in [2.05, 4.69) is 245 Å². The number of nitrogens with one attached hydrogen (secondary N) is 1. The van der Waals surface area contributed by atoms with Crippen LogP contribution in [0.1, 0.15) is 54.2 Å². The third kappa shape index (κ3) is 6.42. The van der Waals surface area contributed by atoms with Crippen LogP contribution in [-0.2, 0) is 0 Å². The highest BCUT2D eigenvalue weighted by atomic mass is 15.5. The van der Waals surface area contributed by atoms with Crippen molar-refractivity contribution in [3.63, 3.8) is 0 Å². The molecule has 0 bridgehead atoms. The van der Waals surface area contributed by atoms with Gasteiger partial charge < -0.3 is 9.47 Å². The lowest BCUT2D eigenvalue weighted by atomic mass is 9.91. The quantitative estimate of drug-likeness (QED) is 0.181. The van der Waals surface area contributed by atoms with Gasteiger partial charge in [0.1, 0.15) is 0 Å². The number of aromatic nitrogens is 1. The molecular weight excluding hydrogens is 779 g/mol. The fraction of sp³-hybridized carbons (Fsp3) is 0.153. The van der Waals surface area contributed by atoms with E-state index in [1.165, 1.54) is 77.7 Å². The number of fused-ring (bicyclic) bond motifs is 8. The summed E-state index contributed by atoms with van der Waals surface area (Å²) < 4.78 is 2.53. The topological polar surface area (TPSA) is 26.7 Å². The highest BCUT2D eigenvalue weighted by molar-refractivity contribution is 6.14. The van der Waals surface area contributed by atoms with Crippen molar-refractivity contribution in [2.45, 2.75) is 43.7 Å². The molecule has 1 saturated heterocycles. The van der Waals surface area contributed by atoms with Crippen molar-refractivity contribution in [1.82, 2.24) is 19.7 Å². The van der Waals surface area contributed by atoms with Gasteiger partial charge in [-0.1, -0.05) is 164 Å². The molecule has 3 heterocycles. The van der Waals surface area contributed by atoms with Crippen LogP contribution in [0.5, 0.6) is 0 Å². The van der Waals surface area contributed by atoms with Gasteiger partial charge >= 0.3 is 0 Å². The van der Waals surface area contributed by atoms with Crippen LogP contribution in [0.15, 0.2) is 212 Å². The first-order chi connectivity index (χ1) is 31.6. The summed E-state index contributed by atoms with van der Waals surface area (Å²) in [4.78, 5) is 7.46. The maximum Gasteiger partial charge on any atom is 0.0911 e. The normalized spacial score (nSPS) is 20.9. The maximum absolute atomic E-state index is 4.09. The van der Waals surface area contributed by atoms with Crippen molar-refractivity contribution < 1.29 is 0 Å². The van der Waals surface area contributed by atoms with Crippen molar-refractivity contribution >= 4 is 44.4 Å². The molecule has 0 saturated carbocycles. The van der Waals surface area contributed by atoms with E-state index < -0.39 is 0 Å². The van der Waals surface area contributed by atoms with E-state index in [-0.39, 0.29) is 18.5 Å². The van der Waals surface area contributed by atoms with Crippen LogP contribution in [0.3, 0.4) is 0 Å². The molecule has 1 N–H and O–H groups in total. The fourth-order valence-electron chi connectivity index (χ4n) is 11.1. The molecule has 2 aliphatic heterocycles. The predicted molar refractivity (Wildman–Crippen MR) is 267 cm³/mol. The highest BCUT2D eigenvalue weighted by Crippen LogP contribution is 2.55. The average Bonchev–Trinajstić information content (AvgIpc) is 3.64. The predicted octanol–water partition coefficient (Wildman–Crippen LogP) is 14.3. The minimum absolute atomic E-state index is 0.0156. The number of para-hydroxylation sites is 3. The fourth-order valence-corrected chi connectivity index (χ4v) is 11.1. The molecule has 0 radical (unpaired) electrons. The van der Waals surface area contributed by atoms with Crippen molar-refractivity contribution in [2.24, 2.45) is 0 Å². The first-order valence-electron chi connectivity index (χ1n) is 22.8. The van der Waals surface area contributed by atoms with Crippen LogP contribution in [0, 0.1) is 0 Å². The van der Waals surface area contributed by atoms with Gasteiger partial charge in [-0.3, -0.25) is 15.1 Å². The second-order valence-electron chi connectivity index (χ2n) is 17.8. The van der Waals surface area contributed by atoms with E-state index in [4.69, 9.17) is 0 Å². The molecule has 4 aliphatic rings. The Morgan fingerprint density at radius 3 is 2.03 bits per heavy atom. The zero-order valence-electron chi connectivity index (χ0n) is 36.3. The van der Waals surface area contributed by atoms with Gasteiger partial charge in [0.25, 0.3) is 0 Å². The Morgan fingerprint density at radius 1 is 0.547 bits per heavy atom. The van der Waals surface area contributed by atoms with Crippen molar-refractivity contribution in [2.75, 3.05) is 19.0 Å². The standard InChI is InChI=1S/C59H51N5/c1-61-57(42-21-8-4-9-22-42)60-58(62(2)59(61)43-23-10-5-11-24-43)45-34-33-41-35-36-48(39-46(41)37-45)63-52-30-15-12-27-49(52)55-50-28-13-16-31-53(50)64(56(55)51-29-14-17-32-54(51)63)47-26-18-25-44(38-47)40-19-6-3-7-20-40/h3,5-8,10-24,26-39,44,57-60H,4,9,25H2,1-2H3. The Bertz CT molecular complexity index is 3190. The largest absolute Gasteiger partial charge is 0.309 e. The van der Waals surface area contributed by atoms with Gasteiger partial charge in [0.2, 0.25) is 0 Å². The lowest BCUT2D eigenvalue weighted by Crippen LogP contribution is -2.60.